The van der Waals surface area contributed by atoms with Crippen molar-refractivity contribution >= 4 is 5.97 Å². The lowest BCUT2D eigenvalue weighted by Gasteiger charge is -2.18. The molecule has 5 nitrogen and oxygen atoms in total. The summed E-state index contributed by atoms with van der Waals surface area (Å²) in [5, 5.41) is 4.45. The van der Waals surface area contributed by atoms with Gasteiger partial charge in [-0.25, -0.2) is 4.79 Å². The lowest BCUT2D eigenvalue weighted by Crippen LogP contribution is -2.28. The smallest absolute Gasteiger partial charge is 0.356 e. The first-order valence-corrected chi connectivity index (χ1v) is 7.38. The molecule has 1 aliphatic rings. The lowest BCUT2D eigenvalue weighted by molar-refractivity contribution is -0.0214. The summed E-state index contributed by atoms with van der Waals surface area (Å²) in [7, 11) is 1.67. The van der Waals surface area contributed by atoms with Crippen molar-refractivity contribution in [2.75, 3.05) is 7.11 Å². The topological polar surface area (TPSA) is 53.4 Å². The van der Waals surface area contributed by atoms with Crippen LogP contribution < -0.4 is 0 Å². The summed E-state index contributed by atoms with van der Waals surface area (Å²) in [5.41, 5.74) is 1.46. The molecule has 0 amide bonds. The Labute approximate surface area is 120 Å². The van der Waals surface area contributed by atoms with Crippen LogP contribution in [0.3, 0.4) is 0 Å². The van der Waals surface area contributed by atoms with Gasteiger partial charge in [0.1, 0.15) is 11.8 Å². The van der Waals surface area contributed by atoms with Crippen LogP contribution in [-0.4, -0.2) is 35.1 Å². The quantitative estimate of drug-likeness (QED) is 0.778. The number of nitrogens with zero attached hydrogens (tertiary/aromatic N) is 2. The van der Waals surface area contributed by atoms with Crippen molar-refractivity contribution < 1.29 is 14.3 Å². The maximum atomic E-state index is 12.3. The first-order chi connectivity index (χ1) is 9.56. The molecule has 2 rings (SSSR count). The normalized spacial score (nSPS) is 22.4. The largest absolute Gasteiger partial charge is 0.455 e. The van der Waals surface area contributed by atoms with Crippen molar-refractivity contribution in [2.45, 2.75) is 64.7 Å². The van der Waals surface area contributed by atoms with Crippen LogP contribution in [0.1, 0.15) is 62.1 Å². The SMILES string of the molecule is CCn1nc(C(C)C)cc1C(=O)O[C@@H]1CCC[C@@H]1OC. The van der Waals surface area contributed by atoms with E-state index in [2.05, 4.69) is 18.9 Å². The second-order valence-electron chi connectivity index (χ2n) is 5.57. The van der Waals surface area contributed by atoms with Gasteiger partial charge in [0.15, 0.2) is 0 Å². The van der Waals surface area contributed by atoms with Crippen molar-refractivity contribution in [1.29, 1.82) is 0 Å². The molecule has 1 saturated carbocycles. The third kappa shape index (κ3) is 3.03. The van der Waals surface area contributed by atoms with Crippen molar-refractivity contribution in [2.24, 2.45) is 0 Å². The summed E-state index contributed by atoms with van der Waals surface area (Å²) in [4.78, 5) is 12.3. The number of ether oxygens (including phenoxy) is 2. The number of aryl methyl sites for hydroxylation is 1. The monoisotopic (exact) mass is 280 g/mol. The Morgan fingerprint density at radius 1 is 1.45 bits per heavy atom. The van der Waals surface area contributed by atoms with E-state index in [-0.39, 0.29) is 18.2 Å². The highest BCUT2D eigenvalue weighted by atomic mass is 16.6. The fourth-order valence-corrected chi connectivity index (χ4v) is 2.62. The van der Waals surface area contributed by atoms with Gasteiger partial charge < -0.3 is 9.47 Å². The number of aromatic nitrogens is 2. The van der Waals surface area contributed by atoms with E-state index in [9.17, 15) is 4.79 Å². The van der Waals surface area contributed by atoms with Crippen LogP contribution >= 0.6 is 0 Å². The number of carbonyl (C=O) groups is 1. The van der Waals surface area contributed by atoms with Gasteiger partial charge in [0, 0.05) is 13.7 Å². The third-order valence-corrected chi connectivity index (χ3v) is 3.85. The van der Waals surface area contributed by atoms with Crippen LogP contribution in [0.25, 0.3) is 0 Å². The average molecular weight is 280 g/mol. The minimum absolute atomic E-state index is 0.0292. The first-order valence-electron chi connectivity index (χ1n) is 7.38. The molecule has 2 atom stereocenters. The molecule has 1 aliphatic carbocycles. The minimum atomic E-state index is -0.291. The zero-order valence-corrected chi connectivity index (χ0v) is 12.8. The number of esters is 1. The summed E-state index contributed by atoms with van der Waals surface area (Å²) in [6.07, 6.45) is 2.78. The first kappa shape index (κ1) is 15.0. The van der Waals surface area contributed by atoms with E-state index in [0.29, 0.717) is 18.2 Å². The zero-order valence-electron chi connectivity index (χ0n) is 12.8. The van der Waals surface area contributed by atoms with Crippen LogP contribution in [0.5, 0.6) is 0 Å². The van der Waals surface area contributed by atoms with Gasteiger partial charge in [-0.15, -0.1) is 0 Å². The number of carbonyl (C=O) groups excluding carboxylic acids is 1. The van der Waals surface area contributed by atoms with Crippen molar-refractivity contribution in [3.63, 3.8) is 0 Å². The maximum absolute atomic E-state index is 12.3. The summed E-state index contributed by atoms with van der Waals surface area (Å²) in [5.74, 6) is 0.00718. The molecule has 0 saturated heterocycles. The Morgan fingerprint density at radius 2 is 2.15 bits per heavy atom. The highest BCUT2D eigenvalue weighted by Gasteiger charge is 2.31. The molecule has 0 aliphatic heterocycles. The molecule has 0 spiro atoms. The summed E-state index contributed by atoms with van der Waals surface area (Å²) >= 11 is 0. The van der Waals surface area contributed by atoms with Crippen LogP contribution in [0.4, 0.5) is 0 Å². The third-order valence-electron chi connectivity index (χ3n) is 3.85. The molecule has 1 fully saturated rings. The molecule has 0 unspecified atom stereocenters. The van der Waals surface area contributed by atoms with Gasteiger partial charge in [-0.05, 0) is 38.2 Å². The number of rotatable bonds is 5. The summed E-state index contributed by atoms with van der Waals surface area (Å²) in [6, 6.07) is 1.84. The van der Waals surface area contributed by atoms with Gasteiger partial charge in [0.05, 0.1) is 11.8 Å². The van der Waals surface area contributed by atoms with Gasteiger partial charge in [-0.3, -0.25) is 4.68 Å². The molecule has 112 valence electrons. The molecule has 20 heavy (non-hydrogen) atoms. The molecule has 1 heterocycles. The van der Waals surface area contributed by atoms with E-state index < -0.39 is 0 Å². The molecule has 0 aromatic carbocycles. The van der Waals surface area contributed by atoms with E-state index in [1.165, 1.54) is 0 Å². The van der Waals surface area contributed by atoms with E-state index in [1.54, 1.807) is 11.8 Å². The molecular weight excluding hydrogens is 256 g/mol. The Hall–Kier alpha value is -1.36. The fraction of sp³-hybridized carbons (Fsp3) is 0.733. The number of hydrogen-bond acceptors (Lipinski definition) is 4. The Bertz CT molecular complexity index is 468. The number of methoxy groups -OCH3 is 1. The zero-order chi connectivity index (χ0) is 14.7. The maximum Gasteiger partial charge on any atom is 0.356 e. The molecule has 1 aromatic heterocycles. The van der Waals surface area contributed by atoms with Crippen LogP contribution in [0, 0.1) is 0 Å². The predicted octanol–water partition coefficient (Wildman–Crippen LogP) is 2.75. The second kappa shape index (κ2) is 6.39. The van der Waals surface area contributed by atoms with Crippen LogP contribution in [0.2, 0.25) is 0 Å². The molecule has 1 aromatic rings. The minimum Gasteiger partial charge on any atom is -0.455 e. The highest BCUT2D eigenvalue weighted by molar-refractivity contribution is 5.87. The summed E-state index contributed by atoms with van der Waals surface area (Å²) in [6.45, 7) is 6.77. The van der Waals surface area contributed by atoms with E-state index in [0.717, 1.165) is 25.0 Å². The van der Waals surface area contributed by atoms with E-state index in [4.69, 9.17) is 9.47 Å². The molecular formula is C15H24N2O3. The van der Waals surface area contributed by atoms with Gasteiger partial charge in [0.25, 0.3) is 0 Å². The van der Waals surface area contributed by atoms with Crippen LogP contribution in [-0.2, 0) is 16.0 Å². The molecule has 5 heteroatoms. The van der Waals surface area contributed by atoms with Crippen LogP contribution in [0.15, 0.2) is 6.07 Å². The van der Waals surface area contributed by atoms with Gasteiger partial charge >= 0.3 is 5.97 Å². The Kier molecular flexibility index (Phi) is 4.81. The molecule has 0 radical (unpaired) electrons. The fourth-order valence-electron chi connectivity index (χ4n) is 2.62. The van der Waals surface area contributed by atoms with Crippen molar-refractivity contribution in [1.82, 2.24) is 9.78 Å². The van der Waals surface area contributed by atoms with Gasteiger partial charge in [-0.1, -0.05) is 13.8 Å². The van der Waals surface area contributed by atoms with E-state index in [1.807, 2.05) is 13.0 Å². The Morgan fingerprint density at radius 3 is 2.75 bits per heavy atom. The second-order valence-corrected chi connectivity index (χ2v) is 5.57. The standard InChI is InChI=1S/C15H24N2O3/c1-5-17-12(9-11(16-17)10(2)3)15(18)20-14-8-6-7-13(14)19-4/h9-10,13-14H,5-8H2,1-4H3/t13-,14+/m0/s1. The van der Waals surface area contributed by atoms with E-state index >= 15 is 0 Å². The van der Waals surface area contributed by atoms with Crippen molar-refractivity contribution in [3.05, 3.63) is 17.5 Å². The summed E-state index contributed by atoms with van der Waals surface area (Å²) < 4.78 is 12.7. The predicted molar refractivity (Wildman–Crippen MR) is 75.8 cm³/mol. The van der Waals surface area contributed by atoms with Crippen molar-refractivity contribution in [3.8, 4) is 0 Å². The number of hydrogen-bond donors (Lipinski definition) is 0. The average Bonchev–Trinajstić information content (AvgIpc) is 3.04. The lowest BCUT2D eigenvalue weighted by atomic mass is 10.1. The molecule has 0 N–H and O–H groups in total. The Balaban J connectivity index is 2.12. The van der Waals surface area contributed by atoms with Gasteiger partial charge in [0.2, 0.25) is 0 Å². The van der Waals surface area contributed by atoms with Gasteiger partial charge in [-0.2, -0.15) is 5.10 Å². The molecule has 0 bridgehead atoms. The highest BCUT2D eigenvalue weighted by Crippen LogP contribution is 2.25.